The van der Waals surface area contributed by atoms with E-state index in [0.717, 1.165) is 0 Å². The van der Waals surface area contributed by atoms with Gasteiger partial charge in [-0.15, -0.1) is 0 Å². The Kier molecular flexibility index (Phi) is 4.54. The summed E-state index contributed by atoms with van der Waals surface area (Å²) in [6.45, 7) is 1.96. The molecule has 0 fully saturated rings. The van der Waals surface area contributed by atoms with Crippen molar-refractivity contribution in [1.29, 1.82) is 0 Å². The number of nitrogen functional groups attached to an aromatic ring is 1. The summed E-state index contributed by atoms with van der Waals surface area (Å²) in [5, 5.41) is 3.07. The van der Waals surface area contributed by atoms with E-state index in [0.29, 0.717) is 23.6 Å². The molecule has 2 aromatic heterocycles. The molecule has 0 aliphatic heterocycles. The summed E-state index contributed by atoms with van der Waals surface area (Å²) in [7, 11) is 0. The van der Waals surface area contributed by atoms with Crippen molar-refractivity contribution in [3.8, 4) is 0 Å². The van der Waals surface area contributed by atoms with Crippen LogP contribution in [0.1, 0.15) is 35.6 Å². The van der Waals surface area contributed by atoms with Crippen molar-refractivity contribution in [3.63, 3.8) is 0 Å². The monoisotopic (exact) mass is 294 g/mol. The van der Waals surface area contributed by atoms with Crippen LogP contribution in [-0.4, -0.2) is 20.9 Å². The summed E-state index contributed by atoms with van der Waals surface area (Å²) >= 11 is 5.84. The predicted octanol–water partition coefficient (Wildman–Crippen LogP) is 1.62. The Morgan fingerprint density at radius 1 is 1.55 bits per heavy atom. The average molecular weight is 295 g/mol. The van der Waals surface area contributed by atoms with Gasteiger partial charge in [0, 0.05) is 18.0 Å². The van der Waals surface area contributed by atoms with Crippen LogP contribution in [0.25, 0.3) is 0 Å². The van der Waals surface area contributed by atoms with Gasteiger partial charge in [-0.2, -0.15) is 0 Å². The number of pyridine rings is 1. The van der Waals surface area contributed by atoms with Gasteiger partial charge in [0.1, 0.15) is 16.8 Å². The van der Waals surface area contributed by atoms with Gasteiger partial charge in [0.15, 0.2) is 0 Å². The van der Waals surface area contributed by atoms with E-state index in [4.69, 9.17) is 17.4 Å². The molecule has 0 aliphatic carbocycles. The molecule has 0 spiro atoms. The number of carbonyl (C=O) groups excluding carboxylic acids is 1. The molecule has 1 atom stereocenters. The minimum Gasteiger partial charge on any atom is -0.347 e. The molecule has 0 aromatic carbocycles. The molecule has 0 bridgehead atoms. The lowest BCUT2D eigenvalue weighted by molar-refractivity contribution is 0.0934. The van der Waals surface area contributed by atoms with E-state index in [1.54, 1.807) is 12.4 Å². The number of aromatic amines is 1. The Hall–Kier alpha value is -2.12. The van der Waals surface area contributed by atoms with Crippen molar-refractivity contribution in [2.24, 2.45) is 5.84 Å². The third-order valence-corrected chi connectivity index (χ3v) is 2.96. The summed E-state index contributed by atoms with van der Waals surface area (Å²) < 4.78 is 0. The van der Waals surface area contributed by atoms with Crippen LogP contribution >= 0.6 is 11.6 Å². The van der Waals surface area contributed by atoms with Gasteiger partial charge in [0.25, 0.3) is 5.91 Å². The SMILES string of the molecule is CCC(NC(=O)c1cc(Cl)nc(NN)c1)c1ncc[nH]1. The number of hydrazine groups is 1. The van der Waals surface area contributed by atoms with Gasteiger partial charge in [-0.25, -0.2) is 15.8 Å². The number of anilines is 1. The lowest BCUT2D eigenvalue weighted by Gasteiger charge is -2.15. The third kappa shape index (κ3) is 3.25. The quantitative estimate of drug-likeness (QED) is 0.381. The molecule has 2 heterocycles. The zero-order valence-corrected chi connectivity index (χ0v) is 11.6. The van der Waals surface area contributed by atoms with Crippen molar-refractivity contribution in [2.45, 2.75) is 19.4 Å². The van der Waals surface area contributed by atoms with Gasteiger partial charge in [-0.05, 0) is 18.6 Å². The largest absolute Gasteiger partial charge is 0.347 e. The van der Waals surface area contributed by atoms with Gasteiger partial charge >= 0.3 is 0 Å². The Labute approximate surface area is 120 Å². The average Bonchev–Trinajstić information content (AvgIpc) is 2.97. The Morgan fingerprint density at radius 3 is 2.95 bits per heavy atom. The van der Waals surface area contributed by atoms with Crippen LogP contribution < -0.4 is 16.6 Å². The lowest BCUT2D eigenvalue weighted by atomic mass is 10.2. The molecule has 2 rings (SSSR count). The highest BCUT2D eigenvalue weighted by molar-refractivity contribution is 6.29. The summed E-state index contributed by atoms with van der Waals surface area (Å²) in [4.78, 5) is 23.3. The number of H-pyrrole nitrogens is 1. The topological polar surface area (TPSA) is 109 Å². The number of nitrogens with zero attached hydrogens (tertiary/aromatic N) is 2. The second kappa shape index (κ2) is 6.36. The van der Waals surface area contributed by atoms with Gasteiger partial charge in [0.05, 0.1) is 6.04 Å². The van der Waals surface area contributed by atoms with Crippen LogP contribution in [0.2, 0.25) is 5.15 Å². The molecular formula is C12H15ClN6O. The van der Waals surface area contributed by atoms with Gasteiger partial charge in [-0.3, -0.25) is 4.79 Å². The first kappa shape index (κ1) is 14.3. The third-order valence-electron chi connectivity index (χ3n) is 2.77. The molecule has 1 amide bonds. The molecule has 1 unspecified atom stereocenters. The first-order chi connectivity index (χ1) is 9.63. The molecule has 8 heteroatoms. The van der Waals surface area contributed by atoms with Gasteiger partial charge in [0.2, 0.25) is 0 Å². The second-order valence-electron chi connectivity index (χ2n) is 4.12. The summed E-state index contributed by atoms with van der Waals surface area (Å²) in [6, 6.07) is 2.81. The Balaban J connectivity index is 2.17. The molecule has 7 nitrogen and oxygen atoms in total. The fourth-order valence-electron chi connectivity index (χ4n) is 1.78. The number of carbonyl (C=O) groups is 1. The summed E-state index contributed by atoms with van der Waals surface area (Å²) in [6.07, 6.45) is 4.06. The molecule has 20 heavy (non-hydrogen) atoms. The molecule has 0 saturated heterocycles. The fraction of sp³-hybridized carbons (Fsp3) is 0.250. The number of rotatable bonds is 5. The van der Waals surface area contributed by atoms with E-state index in [9.17, 15) is 4.79 Å². The van der Waals surface area contributed by atoms with E-state index in [2.05, 4.69) is 25.7 Å². The van der Waals surface area contributed by atoms with Gasteiger partial charge < -0.3 is 15.7 Å². The zero-order chi connectivity index (χ0) is 14.5. The number of aromatic nitrogens is 3. The number of imidazole rings is 1. The fourth-order valence-corrected chi connectivity index (χ4v) is 1.98. The maximum atomic E-state index is 12.2. The first-order valence-electron chi connectivity index (χ1n) is 6.08. The molecule has 0 radical (unpaired) electrons. The van der Waals surface area contributed by atoms with E-state index in [-0.39, 0.29) is 17.1 Å². The summed E-state index contributed by atoms with van der Waals surface area (Å²) in [5.41, 5.74) is 2.74. The smallest absolute Gasteiger partial charge is 0.252 e. The number of halogens is 1. The highest BCUT2D eigenvalue weighted by Crippen LogP contribution is 2.16. The highest BCUT2D eigenvalue weighted by Gasteiger charge is 2.17. The molecule has 106 valence electrons. The normalized spacial score (nSPS) is 11.9. The zero-order valence-electron chi connectivity index (χ0n) is 10.9. The van der Waals surface area contributed by atoms with Crippen molar-refractivity contribution < 1.29 is 4.79 Å². The van der Waals surface area contributed by atoms with Crippen molar-refractivity contribution in [3.05, 3.63) is 41.1 Å². The molecule has 0 aliphatic rings. The second-order valence-corrected chi connectivity index (χ2v) is 4.50. The summed E-state index contributed by atoms with van der Waals surface area (Å²) in [5.74, 6) is 6.04. The maximum absolute atomic E-state index is 12.2. The Morgan fingerprint density at radius 2 is 2.35 bits per heavy atom. The maximum Gasteiger partial charge on any atom is 0.252 e. The number of nitrogens with two attached hydrogens (primary N) is 1. The van der Waals surface area contributed by atoms with Crippen LogP contribution in [0.3, 0.4) is 0 Å². The van der Waals surface area contributed by atoms with E-state index >= 15 is 0 Å². The van der Waals surface area contributed by atoms with E-state index < -0.39 is 0 Å². The Bertz CT molecular complexity index is 586. The van der Waals surface area contributed by atoms with Crippen LogP contribution in [-0.2, 0) is 0 Å². The van der Waals surface area contributed by atoms with Crippen LogP contribution in [0.15, 0.2) is 24.5 Å². The highest BCUT2D eigenvalue weighted by atomic mass is 35.5. The lowest BCUT2D eigenvalue weighted by Crippen LogP contribution is -2.29. The van der Waals surface area contributed by atoms with E-state index in [1.807, 2.05) is 6.92 Å². The van der Waals surface area contributed by atoms with E-state index in [1.165, 1.54) is 12.1 Å². The number of nitrogens with one attached hydrogen (secondary N) is 3. The minimum atomic E-state index is -0.269. The van der Waals surface area contributed by atoms with Crippen molar-refractivity contribution >= 4 is 23.3 Å². The molecular weight excluding hydrogens is 280 g/mol. The van der Waals surface area contributed by atoms with Crippen molar-refractivity contribution in [2.75, 3.05) is 5.43 Å². The minimum absolute atomic E-state index is 0.191. The predicted molar refractivity (Wildman–Crippen MR) is 76.1 cm³/mol. The first-order valence-corrected chi connectivity index (χ1v) is 6.46. The van der Waals surface area contributed by atoms with Crippen LogP contribution in [0.5, 0.6) is 0 Å². The molecule has 0 saturated carbocycles. The van der Waals surface area contributed by atoms with Crippen LogP contribution in [0, 0.1) is 0 Å². The number of amides is 1. The van der Waals surface area contributed by atoms with Crippen LogP contribution in [0.4, 0.5) is 5.82 Å². The standard InChI is InChI=1S/C12H15ClN6O/c1-2-8(11-15-3-4-16-11)17-12(20)7-5-9(13)18-10(6-7)19-14/h3-6,8H,2,14H2,1H3,(H,15,16)(H,17,20)(H,18,19). The number of hydrogen-bond donors (Lipinski definition) is 4. The number of hydrogen-bond acceptors (Lipinski definition) is 5. The molecule has 5 N–H and O–H groups in total. The molecule has 2 aromatic rings. The van der Waals surface area contributed by atoms with Crippen molar-refractivity contribution in [1.82, 2.24) is 20.3 Å². The van der Waals surface area contributed by atoms with Gasteiger partial charge in [-0.1, -0.05) is 18.5 Å².